The lowest BCUT2D eigenvalue weighted by atomic mass is 10.2. The van der Waals surface area contributed by atoms with E-state index < -0.39 is 23.9 Å². The molecule has 0 spiro atoms. The Bertz CT molecular complexity index is 720. The topological polar surface area (TPSA) is 192 Å². The Labute approximate surface area is 181 Å². The van der Waals surface area contributed by atoms with E-state index in [4.69, 9.17) is 43.6 Å². The van der Waals surface area contributed by atoms with Crippen LogP contribution in [0.1, 0.15) is 19.4 Å². The average Bonchev–Trinajstić information content (AvgIpc) is 2.61. The molecule has 0 aliphatic heterocycles. The molecule has 0 saturated carbocycles. The van der Waals surface area contributed by atoms with Crippen LogP contribution in [0.4, 0.5) is 0 Å². The van der Waals surface area contributed by atoms with Crippen LogP contribution in [-0.4, -0.2) is 50.2 Å². The molecule has 0 radical (unpaired) electrons. The fourth-order valence-electron chi connectivity index (χ4n) is 1.04. The van der Waals surface area contributed by atoms with E-state index in [0.717, 1.165) is 6.42 Å². The first-order valence-corrected chi connectivity index (χ1v) is 8.46. The number of nitrogens with two attached hydrogens (primary N) is 1. The Kier molecular flexibility index (Phi) is 19.8. The van der Waals surface area contributed by atoms with Gasteiger partial charge >= 0.3 is 23.9 Å². The van der Waals surface area contributed by atoms with Crippen molar-refractivity contribution >= 4 is 53.0 Å². The Morgan fingerprint density at radius 2 is 1.10 bits per heavy atom. The lowest BCUT2D eigenvalue weighted by Gasteiger charge is -1.97. The van der Waals surface area contributed by atoms with Gasteiger partial charge in [0.1, 0.15) is 0 Å². The van der Waals surface area contributed by atoms with Crippen molar-refractivity contribution in [2.24, 2.45) is 5.73 Å². The molecule has 10 nitrogen and oxygen atoms in total. The highest BCUT2D eigenvalue weighted by molar-refractivity contribution is 6.42. The second-order valence-electron chi connectivity index (χ2n) is 4.73. The molecule has 0 unspecified atom stereocenters. The maximum Gasteiger partial charge on any atom is 0.328 e. The standard InChI is InChI=1S/C8H8Cl2.2C4H4O4.C2H5NO/c1-2-6-3-4-7(9)8(10)5-6;2*5-3(6)1-2-4(7)8;1-2(3)4/h3-5H,2H2,1H3;2*1-2H,(H,5,6)(H,7,8);1H3,(H2,3,4)/b;2*2-1-;. The van der Waals surface area contributed by atoms with Gasteiger partial charge in [0.2, 0.25) is 5.91 Å². The van der Waals surface area contributed by atoms with Gasteiger partial charge in [-0.3, -0.25) is 4.79 Å². The minimum atomic E-state index is -1.26. The highest BCUT2D eigenvalue weighted by atomic mass is 35.5. The molecule has 0 heterocycles. The predicted octanol–water partition coefficient (Wildman–Crippen LogP) is 2.47. The van der Waals surface area contributed by atoms with Gasteiger partial charge < -0.3 is 26.2 Å². The number of aryl methyl sites for hydroxylation is 1. The summed E-state index contributed by atoms with van der Waals surface area (Å²) in [6.07, 6.45) is 3.23. The Morgan fingerprint density at radius 1 is 0.800 bits per heavy atom. The number of hydrogen-bond acceptors (Lipinski definition) is 5. The van der Waals surface area contributed by atoms with E-state index in [-0.39, 0.29) is 5.91 Å². The van der Waals surface area contributed by atoms with E-state index in [1.165, 1.54) is 12.5 Å². The van der Waals surface area contributed by atoms with Crippen LogP contribution in [-0.2, 0) is 30.4 Å². The van der Waals surface area contributed by atoms with E-state index in [1.54, 1.807) is 0 Å². The van der Waals surface area contributed by atoms with E-state index >= 15 is 0 Å². The van der Waals surface area contributed by atoms with Crippen LogP contribution in [0.3, 0.4) is 0 Å². The minimum Gasteiger partial charge on any atom is -0.478 e. The van der Waals surface area contributed by atoms with Crippen molar-refractivity contribution in [1.82, 2.24) is 0 Å². The van der Waals surface area contributed by atoms with Crippen molar-refractivity contribution in [3.63, 3.8) is 0 Å². The molecule has 30 heavy (non-hydrogen) atoms. The molecule has 12 heteroatoms. The van der Waals surface area contributed by atoms with Gasteiger partial charge in [-0.1, -0.05) is 36.2 Å². The van der Waals surface area contributed by atoms with Crippen LogP contribution in [0.2, 0.25) is 10.0 Å². The summed E-state index contributed by atoms with van der Waals surface area (Å²) in [5.41, 5.74) is 5.69. The highest BCUT2D eigenvalue weighted by Gasteiger charge is 1.96. The van der Waals surface area contributed by atoms with Gasteiger partial charge in [-0.2, -0.15) is 0 Å². The van der Waals surface area contributed by atoms with Crippen LogP contribution in [0.25, 0.3) is 0 Å². The van der Waals surface area contributed by atoms with Crippen molar-refractivity contribution in [2.75, 3.05) is 0 Å². The fraction of sp³-hybridized carbons (Fsp3) is 0.167. The third-order valence-corrected chi connectivity index (χ3v) is 2.87. The summed E-state index contributed by atoms with van der Waals surface area (Å²) in [7, 11) is 0. The number of amides is 1. The van der Waals surface area contributed by atoms with Gasteiger partial charge in [0.25, 0.3) is 0 Å². The van der Waals surface area contributed by atoms with E-state index in [2.05, 4.69) is 12.7 Å². The van der Waals surface area contributed by atoms with Gasteiger partial charge in [0.05, 0.1) is 10.0 Å². The van der Waals surface area contributed by atoms with Crippen LogP contribution >= 0.6 is 23.2 Å². The number of carboxylic acid groups (broad SMARTS) is 4. The molecular weight excluding hydrogens is 445 g/mol. The molecule has 0 saturated heterocycles. The molecule has 1 aromatic carbocycles. The normalized spacial score (nSPS) is 9.20. The smallest absolute Gasteiger partial charge is 0.328 e. The summed E-state index contributed by atoms with van der Waals surface area (Å²) < 4.78 is 0. The van der Waals surface area contributed by atoms with Crippen LogP contribution < -0.4 is 5.73 Å². The molecule has 166 valence electrons. The number of carboxylic acids is 4. The summed E-state index contributed by atoms with van der Waals surface area (Å²) in [4.78, 5) is 47.4. The summed E-state index contributed by atoms with van der Waals surface area (Å²) in [5, 5.41) is 32.5. The molecule has 0 aliphatic carbocycles. The van der Waals surface area contributed by atoms with Gasteiger partial charge in [0.15, 0.2) is 0 Å². The lowest BCUT2D eigenvalue weighted by Crippen LogP contribution is -2.01. The van der Waals surface area contributed by atoms with Crippen molar-refractivity contribution in [2.45, 2.75) is 20.3 Å². The second kappa shape index (κ2) is 19.0. The van der Waals surface area contributed by atoms with Crippen molar-refractivity contribution in [3.8, 4) is 0 Å². The first kappa shape index (κ1) is 31.3. The second-order valence-corrected chi connectivity index (χ2v) is 5.55. The summed E-state index contributed by atoms with van der Waals surface area (Å²) in [6.45, 7) is 3.39. The largest absolute Gasteiger partial charge is 0.478 e. The average molecular weight is 466 g/mol. The molecule has 0 aromatic heterocycles. The maximum absolute atomic E-state index is 9.55. The fourth-order valence-corrected chi connectivity index (χ4v) is 1.37. The summed E-state index contributed by atoms with van der Waals surface area (Å²) in [5.74, 6) is -5.36. The molecule has 1 rings (SSSR count). The third kappa shape index (κ3) is 29.4. The van der Waals surface area contributed by atoms with Crippen molar-refractivity contribution in [1.29, 1.82) is 0 Å². The minimum absolute atomic E-state index is 0.333. The first-order chi connectivity index (χ1) is 13.7. The number of rotatable bonds is 5. The van der Waals surface area contributed by atoms with Crippen LogP contribution in [0, 0.1) is 0 Å². The van der Waals surface area contributed by atoms with Gasteiger partial charge in [-0.25, -0.2) is 19.2 Å². The monoisotopic (exact) mass is 465 g/mol. The van der Waals surface area contributed by atoms with E-state index in [0.29, 0.717) is 34.3 Å². The SMILES string of the molecule is CC(N)=O.CCc1ccc(Cl)c(Cl)c1.O=C(O)/C=C\C(=O)O.O=C(O)/C=C\C(=O)O. The number of primary amides is 1. The maximum atomic E-state index is 9.55. The number of benzene rings is 1. The lowest BCUT2D eigenvalue weighted by molar-refractivity contribution is -0.134. The molecular formula is C18H21Cl2NO9. The number of carbonyl (C=O) groups is 5. The first-order valence-electron chi connectivity index (χ1n) is 7.70. The molecule has 0 atom stereocenters. The molecule has 0 aliphatic rings. The number of carbonyl (C=O) groups excluding carboxylic acids is 1. The van der Waals surface area contributed by atoms with E-state index in [9.17, 15) is 24.0 Å². The molecule has 0 bridgehead atoms. The predicted molar refractivity (Wildman–Crippen MR) is 110 cm³/mol. The quantitative estimate of drug-likeness (QED) is 0.405. The number of aliphatic carboxylic acids is 4. The summed E-state index contributed by atoms with van der Waals surface area (Å²) in [6, 6.07) is 5.70. The Hall–Kier alpha value is -3.37. The van der Waals surface area contributed by atoms with Gasteiger partial charge in [-0.05, 0) is 24.1 Å². The number of hydrogen-bond donors (Lipinski definition) is 5. The molecule has 0 fully saturated rings. The Morgan fingerprint density at radius 3 is 1.30 bits per heavy atom. The van der Waals surface area contributed by atoms with Crippen molar-refractivity contribution in [3.05, 3.63) is 58.1 Å². The zero-order valence-electron chi connectivity index (χ0n) is 15.9. The number of halogens is 2. The van der Waals surface area contributed by atoms with Crippen molar-refractivity contribution < 1.29 is 44.4 Å². The van der Waals surface area contributed by atoms with Crippen LogP contribution in [0.5, 0.6) is 0 Å². The van der Waals surface area contributed by atoms with Gasteiger partial charge in [0, 0.05) is 31.2 Å². The zero-order chi connectivity index (χ0) is 24.3. The highest BCUT2D eigenvalue weighted by Crippen LogP contribution is 2.22. The molecule has 1 amide bonds. The van der Waals surface area contributed by atoms with Crippen LogP contribution in [0.15, 0.2) is 42.5 Å². The van der Waals surface area contributed by atoms with Gasteiger partial charge in [-0.15, -0.1) is 0 Å². The molecule has 1 aromatic rings. The third-order valence-electron chi connectivity index (χ3n) is 2.13. The Balaban J connectivity index is -0.000000338. The molecule has 6 N–H and O–H groups in total. The zero-order valence-corrected chi connectivity index (χ0v) is 17.4. The van der Waals surface area contributed by atoms with E-state index in [1.807, 2.05) is 18.2 Å². The summed E-state index contributed by atoms with van der Waals surface area (Å²) >= 11 is 11.5.